The van der Waals surface area contributed by atoms with E-state index in [1.807, 2.05) is 6.07 Å². The number of nitrogens with one attached hydrogen (secondary N) is 1. The Morgan fingerprint density at radius 3 is 2.90 bits per heavy atom. The number of rotatable bonds is 4. The maximum Gasteiger partial charge on any atom is 0.324 e. The molecule has 20 heavy (non-hydrogen) atoms. The van der Waals surface area contributed by atoms with Gasteiger partial charge in [0.2, 0.25) is 0 Å². The van der Waals surface area contributed by atoms with Crippen LogP contribution in [0.1, 0.15) is 5.56 Å². The molecule has 3 amide bonds. The predicted molar refractivity (Wildman–Crippen MR) is 68.3 cm³/mol. The number of imide groups is 1. The van der Waals surface area contributed by atoms with Gasteiger partial charge in [-0.1, -0.05) is 0 Å². The molecule has 0 bridgehead atoms. The first-order valence-corrected chi connectivity index (χ1v) is 5.95. The summed E-state index contributed by atoms with van der Waals surface area (Å²) in [6.07, 6.45) is 0. The summed E-state index contributed by atoms with van der Waals surface area (Å²) in [6.45, 7) is 0.520. The van der Waals surface area contributed by atoms with Crippen molar-refractivity contribution in [3.63, 3.8) is 0 Å². The molecule has 0 aromatic heterocycles. The monoisotopic (exact) mass is 275 g/mol. The molecule has 104 valence electrons. The zero-order valence-electron chi connectivity index (χ0n) is 10.9. The van der Waals surface area contributed by atoms with Gasteiger partial charge in [-0.05, 0) is 12.1 Å². The maximum atomic E-state index is 11.8. The van der Waals surface area contributed by atoms with Gasteiger partial charge in [-0.3, -0.25) is 9.69 Å². The average molecular weight is 275 g/mol. The van der Waals surface area contributed by atoms with Crippen molar-refractivity contribution in [2.24, 2.45) is 0 Å². The highest BCUT2D eigenvalue weighted by atomic mass is 16.5. The topological polar surface area (TPSA) is 91.7 Å². The molecule has 1 N–H and O–H groups in total. The van der Waals surface area contributed by atoms with Gasteiger partial charge in [0.05, 0.1) is 18.7 Å². The van der Waals surface area contributed by atoms with Gasteiger partial charge in [0.15, 0.2) is 18.1 Å². The Morgan fingerprint density at radius 1 is 1.50 bits per heavy atom. The average Bonchev–Trinajstić information content (AvgIpc) is 2.90. The molecular formula is C13H13N3O4. The van der Waals surface area contributed by atoms with Crippen LogP contribution in [0, 0.1) is 11.3 Å². The van der Waals surface area contributed by atoms with Crippen LogP contribution in [0.5, 0.6) is 11.5 Å². The lowest BCUT2D eigenvalue weighted by molar-refractivity contribution is -0.129. The lowest BCUT2D eigenvalue weighted by atomic mass is 10.2. The molecule has 1 aliphatic rings. The van der Waals surface area contributed by atoms with E-state index in [1.165, 1.54) is 13.2 Å². The standard InChI is InChI=1S/C13H13N3O4/c1-19-11-6-9(7-14)2-3-10(11)20-8-12(17)16-5-4-15-13(16)18/h2-3,6H,4-5,8H2,1H3,(H,15,18). The fraction of sp³-hybridized carbons (Fsp3) is 0.308. The number of ether oxygens (including phenoxy) is 2. The number of hydrogen-bond donors (Lipinski definition) is 1. The van der Waals surface area contributed by atoms with Crippen molar-refractivity contribution in [2.45, 2.75) is 0 Å². The van der Waals surface area contributed by atoms with Gasteiger partial charge in [-0.2, -0.15) is 5.26 Å². The van der Waals surface area contributed by atoms with E-state index >= 15 is 0 Å². The molecule has 2 rings (SSSR count). The normalized spacial score (nSPS) is 13.6. The van der Waals surface area contributed by atoms with Gasteiger partial charge >= 0.3 is 6.03 Å². The van der Waals surface area contributed by atoms with Crippen LogP contribution >= 0.6 is 0 Å². The summed E-state index contributed by atoms with van der Waals surface area (Å²) < 4.78 is 10.4. The lowest BCUT2D eigenvalue weighted by Gasteiger charge is -2.14. The molecule has 1 heterocycles. The number of hydrogen-bond acceptors (Lipinski definition) is 5. The second kappa shape index (κ2) is 5.93. The van der Waals surface area contributed by atoms with E-state index in [4.69, 9.17) is 14.7 Å². The van der Waals surface area contributed by atoms with Gasteiger partial charge < -0.3 is 14.8 Å². The molecule has 1 fully saturated rings. The van der Waals surface area contributed by atoms with Crippen LogP contribution in [0.4, 0.5) is 4.79 Å². The van der Waals surface area contributed by atoms with Crippen molar-refractivity contribution in [1.82, 2.24) is 10.2 Å². The Balaban J connectivity index is 2.02. The second-order valence-electron chi connectivity index (χ2n) is 4.04. The number of methoxy groups -OCH3 is 1. The molecule has 0 atom stereocenters. The Kier molecular flexibility index (Phi) is 4.05. The minimum atomic E-state index is -0.425. The fourth-order valence-electron chi connectivity index (χ4n) is 1.78. The third-order valence-corrected chi connectivity index (χ3v) is 2.80. The van der Waals surface area contributed by atoms with Crippen LogP contribution in [0.25, 0.3) is 0 Å². The molecule has 1 aromatic carbocycles. The molecule has 0 radical (unpaired) electrons. The number of nitriles is 1. The highest BCUT2D eigenvalue weighted by molar-refractivity contribution is 5.96. The SMILES string of the molecule is COc1cc(C#N)ccc1OCC(=O)N1CCNC1=O. The van der Waals surface area contributed by atoms with Crippen LogP contribution in [0.15, 0.2) is 18.2 Å². The minimum Gasteiger partial charge on any atom is -0.493 e. The number of urea groups is 1. The summed E-state index contributed by atoms with van der Waals surface area (Å²) in [5, 5.41) is 11.3. The van der Waals surface area contributed by atoms with Crippen LogP contribution < -0.4 is 14.8 Å². The smallest absolute Gasteiger partial charge is 0.324 e. The summed E-state index contributed by atoms with van der Waals surface area (Å²) in [6, 6.07) is 6.20. The van der Waals surface area contributed by atoms with Crippen molar-refractivity contribution in [1.29, 1.82) is 5.26 Å². The second-order valence-corrected chi connectivity index (χ2v) is 4.04. The molecule has 1 aromatic rings. The van der Waals surface area contributed by atoms with Crippen LogP contribution in [0.3, 0.4) is 0 Å². The third kappa shape index (κ3) is 2.80. The number of benzene rings is 1. The third-order valence-electron chi connectivity index (χ3n) is 2.80. The number of carbonyl (C=O) groups excluding carboxylic acids is 2. The van der Waals surface area contributed by atoms with E-state index in [1.54, 1.807) is 12.1 Å². The summed E-state index contributed by atoms with van der Waals surface area (Å²) in [4.78, 5) is 24.2. The Morgan fingerprint density at radius 2 is 2.30 bits per heavy atom. The molecular weight excluding hydrogens is 262 g/mol. The van der Waals surface area contributed by atoms with Gasteiger partial charge in [-0.25, -0.2) is 4.79 Å². The van der Waals surface area contributed by atoms with E-state index in [9.17, 15) is 9.59 Å². The molecule has 0 unspecified atom stereocenters. The molecule has 7 nitrogen and oxygen atoms in total. The van der Waals surface area contributed by atoms with E-state index in [0.717, 1.165) is 4.90 Å². The molecule has 7 heteroatoms. The van der Waals surface area contributed by atoms with Gasteiger partial charge in [-0.15, -0.1) is 0 Å². The zero-order valence-corrected chi connectivity index (χ0v) is 10.9. The van der Waals surface area contributed by atoms with E-state index in [2.05, 4.69) is 5.32 Å². The van der Waals surface area contributed by atoms with Crippen LogP contribution in [0.2, 0.25) is 0 Å². The predicted octanol–water partition coefficient (Wildman–Crippen LogP) is 0.497. The summed E-state index contributed by atoms with van der Waals surface area (Å²) in [7, 11) is 1.44. The first-order valence-electron chi connectivity index (χ1n) is 5.95. The van der Waals surface area contributed by atoms with Gasteiger partial charge in [0, 0.05) is 19.2 Å². The largest absolute Gasteiger partial charge is 0.493 e. The lowest BCUT2D eigenvalue weighted by Crippen LogP contribution is -2.37. The fourth-order valence-corrected chi connectivity index (χ4v) is 1.78. The Bertz CT molecular complexity index is 579. The number of nitrogens with zero attached hydrogens (tertiary/aromatic N) is 2. The summed E-state index contributed by atoms with van der Waals surface area (Å²) >= 11 is 0. The van der Waals surface area contributed by atoms with Crippen molar-refractivity contribution in [3.05, 3.63) is 23.8 Å². The quantitative estimate of drug-likeness (QED) is 0.863. The van der Waals surface area contributed by atoms with Crippen molar-refractivity contribution < 1.29 is 19.1 Å². The molecule has 0 saturated carbocycles. The zero-order chi connectivity index (χ0) is 14.5. The van der Waals surface area contributed by atoms with Crippen LogP contribution in [-0.4, -0.2) is 43.6 Å². The maximum absolute atomic E-state index is 11.8. The Hall–Kier alpha value is -2.75. The number of carbonyl (C=O) groups is 2. The van der Waals surface area contributed by atoms with Crippen LogP contribution in [-0.2, 0) is 4.79 Å². The van der Waals surface area contributed by atoms with E-state index in [-0.39, 0.29) is 6.61 Å². The first-order chi connectivity index (χ1) is 9.65. The molecule has 1 saturated heterocycles. The van der Waals surface area contributed by atoms with Crippen molar-refractivity contribution >= 4 is 11.9 Å². The Labute approximate surface area is 115 Å². The van der Waals surface area contributed by atoms with E-state index < -0.39 is 11.9 Å². The number of amides is 3. The molecule has 1 aliphatic heterocycles. The summed E-state index contributed by atoms with van der Waals surface area (Å²) in [5.41, 5.74) is 0.430. The first kappa shape index (κ1) is 13.7. The van der Waals surface area contributed by atoms with Gasteiger partial charge in [0.1, 0.15) is 0 Å². The van der Waals surface area contributed by atoms with Crippen molar-refractivity contribution in [3.8, 4) is 17.6 Å². The highest BCUT2D eigenvalue weighted by Crippen LogP contribution is 2.27. The molecule has 0 aliphatic carbocycles. The van der Waals surface area contributed by atoms with Crippen molar-refractivity contribution in [2.75, 3.05) is 26.8 Å². The molecule has 0 spiro atoms. The minimum absolute atomic E-state index is 0.268. The highest BCUT2D eigenvalue weighted by Gasteiger charge is 2.26. The summed E-state index contributed by atoms with van der Waals surface area (Å²) in [5.74, 6) is 0.286. The van der Waals surface area contributed by atoms with E-state index in [0.29, 0.717) is 30.2 Å². The van der Waals surface area contributed by atoms with Gasteiger partial charge in [0.25, 0.3) is 5.91 Å².